The van der Waals surface area contributed by atoms with Crippen molar-refractivity contribution in [3.05, 3.63) is 56.7 Å². The Hall–Kier alpha value is -2.68. The van der Waals surface area contributed by atoms with Crippen molar-refractivity contribution in [3.8, 4) is 5.75 Å². The van der Waals surface area contributed by atoms with Gasteiger partial charge < -0.3 is 4.74 Å². The summed E-state index contributed by atoms with van der Waals surface area (Å²) in [6.45, 7) is 0.472. The zero-order valence-electron chi connectivity index (χ0n) is 16.3. The topological polar surface area (TPSA) is 89.9 Å². The lowest BCUT2D eigenvalue weighted by Gasteiger charge is -2.12. The van der Waals surface area contributed by atoms with Gasteiger partial charge in [0.2, 0.25) is 0 Å². The summed E-state index contributed by atoms with van der Waals surface area (Å²) in [4.78, 5) is 36.7. The number of aromatic amines is 1. The fraction of sp³-hybridized carbons (Fsp3) is 0.429. The van der Waals surface area contributed by atoms with Gasteiger partial charge in [-0.05, 0) is 56.4 Å². The van der Waals surface area contributed by atoms with E-state index in [-0.39, 0.29) is 17.5 Å². The Bertz CT molecular complexity index is 1200. The first-order chi connectivity index (χ1) is 14.6. The van der Waals surface area contributed by atoms with Gasteiger partial charge in [0.15, 0.2) is 5.65 Å². The van der Waals surface area contributed by atoms with Crippen molar-refractivity contribution in [1.82, 2.24) is 19.5 Å². The van der Waals surface area contributed by atoms with E-state index in [4.69, 9.17) is 4.74 Å². The average molecular weight is 428 g/mol. The molecule has 0 unspecified atom stereocenters. The average Bonchev–Trinajstić information content (AvgIpc) is 3.62. The Kier molecular flexibility index (Phi) is 5.06. The van der Waals surface area contributed by atoms with Gasteiger partial charge in [0, 0.05) is 17.7 Å². The van der Waals surface area contributed by atoms with E-state index in [2.05, 4.69) is 15.0 Å². The summed E-state index contributed by atoms with van der Waals surface area (Å²) < 4.78 is 20.2. The van der Waals surface area contributed by atoms with Gasteiger partial charge in [0.05, 0.1) is 6.61 Å². The molecule has 3 aromatic rings. The molecule has 2 aliphatic rings. The number of fused-ring (bicyclic) bond motifs is 1. The van der Waals surface area contributed by atoms with Crippen LogP contribution in [0.5, 0.6) is 5.75 Å². The predicted molar refractivity (Wildman–Crippen MR) is 112 cm³/mol. The van der Waals surface area contributed by atoms with E-state index in [1.807, 2.05) is 0 Å². The van der Waals surface area contributed by atoms with Gasteiger partial charge in [-0.25, -0.2) is 19.2 Å². The molecular formula is C21H21FN4O3S. The number of nitrogens with zero attached hydrogens (tertiary/aromatic N) is 3. The Morgan fingerprint density at radius 1 is 1.13 bits per heavy atom. The van der Waals surface area contributed by atoms with E-state index in [0.29, 0.717) is 40.1 Å². The first-order valence-electron chi connectivity index (χ1n) is 10.2. The third-order valence-corrected chi connectivity index (χ3v) is 6.29. The van der Waals surface area contributed by atoms with Gasteiger partial charge in [-0.2, -0.15) is 0 Å². The molecule has 2 heterocycles. The fourth-order valence-electron chi connectivity index (χ4n) is 3.38. The number of thioether (sulfide) groups is 1. The maximum Gasteiger partial charge on any atom is 0.330 e. The van der Waals surface area contributed by atoms with Gasteiger partial charge in [-0.3, -0.25) is 14.3 Å². The third kappa shape index (κ3) is 3.98. The van der Waals surface area contributed by atoms with Crippen LogP contribution in [-0.2, 0) is 0 Å². The molecule has 5 rings (SSSR count). The first-order valence-corrected chi connectivity index (χ1v) is 11.2. The predicted octanol–water partition coefficient (Wildman–Crippen LogP) is 3.39. The monoisotopic (exact) mass is 428 g/mol. The van der Waals surface area contributed by atoms with Crippen LogP contribution < -0.4 is 16.0 Å². The fourth-order valence-corrected chi connectivity index (χ4v) is 4.32. The van der Waals surface area contributed by atoms with Crippen molar-refractivity contribution in [1.29, 1.82) is 0 Å². The van der Waals surface area contributed by atoms with Crippen LogP contribution in [0.1, 0.15) is 49.9 Å². The zero-order valence-corrected chi connectivity index (χ0v) is 17.1. The second-order valence-electron chi connectivity index (χ2n) is 7.72. The lowest BCUT2D eigenvalue weighted by molar-refractivity contribution is 0.318. The molecular weight excluding hydrogens is 407 g/mol. The standard InChI is InChI=1S/C21H21FN4O3S/c22-13-4-8-15(9-5-13)29-10-1-11-30-20-16-18(23-17(24-20)12-2-3-12)26(14-6-7-14)21(28)25-19(16)27/h4-5,8-9,12,14H,1-3,6-7,10-11H2,(H,25,27,28). The van der Waals surface area contributed by atoms with Crippen molar-refractivity contribution >= 4 is 22.8 Å². The second-order valence-corrected chi connectivity index (χ2v) is 8.81. The molecule has 2 saturated carbocycles. The SMILES string of the molecule is O=c1[nH]c(=O)n(C2CC2)c2nc(C3CC3)nc(SCCCOc3ccc(F)cc3)c12. The third-order valence-electron chi connectivity index (χ3n) is 5.23. The first kappa shape index (κ1) is 19.3. The summed E-state index contributed by atoms with van der Waals surface area (Å²) in [5.74, 6) is 2.06. The van der Waals surface area contributed by atoms with Gasteiger partial charge in [-0.15, -0.1) is 11.8 Å². The van der Waals surface area contributed by atoms with E-state index in [0.717, 1.165) is 37.9 Å². The van der Waals surface area contributed by atoms with Gasteiger partial charge in [-0.1, -0.05) is 0 Å². The highest BCUT2D eigenvalue weighted by Gasteiger charge is 2.32. The summed E-state index contributed by atoms with van der Waals surface area (Å²) in [5, 5.41) is 1.02. The van der Waals surface area contributed by atoms with Crippen molar-refractivity contribution in [2.24, 2.45) is 0 Å². The molecule has 2 fully saturated rings. The van der Waals surface area contributed by atoms with Crippen molar-refractivity contribution < 1.29 is 9.13 Å². The maximum absolute atomic E-state index is 13.0. The van der Waals surface area contributed by atoms with Crippen molar-refractivity contribution in [3.63, 3.8) is 0 Å². The number of rotatable bonds is 8. The Morgan fingerprint density at radius 3 is 2.60 bits per heavy atom. The minimum absolute atomic E-state index is 0.112. The number of nitrogens with one attached hydrogen (secondary N) is 1. The lowest BCUT2D eigenvalue weighted by Crippen LogP contribution is -2.31. The summed E-state index contributed by atoms with van der Waals surface area (Å²) in [5.41, 5.74) is -0.355. The van der Waals surface area contributed by atoms with Gasteiger partial charge >= 0.3 is 5.69 Å². The van der Waals surface area contributed by atoms with Crippen LogP contribution in [-0.4, -0.2) is 31.9 Å². The Balaban J connectivity index is 1.36. The highest BCUT2D eigenvalue weighted by Crippen LogP contribution is 2.40. The number of hydrogen-bond acceptors (Lipinski definition) is 6. The highest BCUT2D eigenvalue weighted by molar-refractivity contribution is 7.99. The second kappa shape index (κ2) is 7.86. The molecule has 7 nitrogen and oxygen atoms in total. The van der Waals surface area contributed by atoms with E-state index < -0.39 is 5.56 Å². The molecule has 0 saturated heterocycles. The van der Waals surface area contributed by atoms with Crippen LogP contribution in [0.15, 0.2) is 38.9 Å². The molecule has 0 amide bonds. The molecule has 1 N–H and O–H groups in total. The summed E-state index contributed by atoms with van der Waals surface area (Å²) in [6.07, 6.45) is 4.66. The minimum atomic E-state index is -0.431. The number of halogens is 1. The number of aromatic nitrogens is 4. The maximum atomic E-state index is 13.0. The Morgan fingerprint density at radius 2 is 1.90 bits per heavy atom. The number of H-pyrrole nitrogens is 1. The summed E-state index contributed by atoms with van der Waals surface area (Å²) in [6, 6.07) is 6.03. The molecule has 156 valence electrons. The molecule has 9 heteroatoms. The summed E-state index contributed by atoms with van der Waals surface area (Å²) in [7, 11) is 0. The molecule has 2 aromatic heterocycles. The van der Waals surface area contributed by atoms with Crippen LogP contribution in [0.25, 0.3) is 11.0 Å². The van der Waals surface area contributed by atoms with Crippen LogP contribution in [0.4, 0.5) is 4.39 Å². The molecule has 0 spiro atoms. The number of hydrogen-bond donors (Lipinski definition) is 1. The number of ether oxygens (including phenoxy) is 1. The molecule has 0 atom stereocenters. The summed E-state index contributed by atoms with van der Waals surface area (Å²) >= 11 is 1.48. The van der Waals surface area contributed by atoms with Crippen LogP contribution in [0, 0.1) is 5.82 Å². The minimum Gasteiger partial charge on any atom is -0.494 e. The molecule has 0 bridgehead atoms. The molecule has 0 aliphatic heterocycles. The smallest absolute Gasteiger partial charge is 0.330 e. The zero-order chi connectivity index (χ0) is 20.7. The largest absolute Gasteiger partial charge is 0.494 e. The van der Waals surface area contributed by atoms with Crippen LogP contribution in [0.2, 0.25) is 0 Å². The highest BCUT2D eigenvalue weighted by atomic mass is 32.2. The van der Waals surface area contributed by atoms with Gasteiger partial charge in [0.1, 0.15) is 27.8 Å². The van der Waals surface area contributed by atoms with Crippen molar-refractivity contribution in [2.45, 2.75) is 49.1 Å². The molecule has 1 aromatic carbocycles. The van der Waals surface area contributed by atoms with Crippen molar-refractivity contribution in [2.75, 3.05) is 12.4 Å². The normalized spacial score (nSPS) is 16.2. The molecule has 0 radical (unpaired) electrons. The van der Waals surface area contributed by atoms with E-state index in [1.54, 1.807) is 16.7 Å². The molecule has 30 heavy (non-hydrogen) atoms. The molecule has 2 aliphatic carbocycles. The van der Waals surface area contributed by atoms with E-state index >= 15 is 0 Å². The van der Waals surface area contributed by atoms with Crippen LogP contribution in [0.3, 0.4) is 0 Å². The quantitative estimate of drug-likeness (QED) is 0.336. The van der Waals surface area contributed by atoms with Crippen LogP contribution >= 0.6 is 11.8 Å². The van der Waals surface area contributed by atoms with E-state index in [9.17, 15) is 14.0 Å². The van der Waals surface area contributed by atoms with E-state index in [1.165, 1.54) is 23.9 Å². The number of benzene rings is 1. The Labute approximate surface area is 175 Å². The lowest BCUT2D eigenvalue weighted by atomic mass is 10.3. The van der Waals surface area contributed by atoms with Gasteiger partial charge in [0.25, 0.3) is 5.56 Å².